The molecule has 154 valence electrons. The van der Waals surface area contributed by atoms with Crippen LogP contribution in [-0.2, 0) is 0 Å². The first-order chi connectivity index (χ1) is 15.9. The van der Waals surface area contributed by atoms with Crippen LogP contribution in [-0.4, -0.2) is 63.0 Å². The van der Waals surface area contributed by atoms with Gasteiger partial charge in [0.25, 0.3) is 0 Å². The van der Waals surface area contributed by atoms with Crippen molar-refractivity contribution in [3.05, 3.63) is 36.8 Å². The van der Waals surface area contributed by atoms with Gasteiger partial charge >= 0.3 is 0 Å². The predicted molar refractivity (Wildman–Crippen MR) is 111 cm³/mol. The largest absolute Gasteiger partial charge is 0.507 e. The van der Waals surface area contributed by atoms with Crippen LogP contribution in [0.5, 0.6) is 11.6 Å². The number of piperazine rings is 1. The molecule has 1 aliphatic carbocycles. The molecule has 1 saturated carbocycles. The summed E-state index contributed by atoms with van der Waals surface area (Å²) in [5, 5.41) is 22.7. The molecule has 5 rings (SSSR count). The molecule has 2 aliphatic rings. The second-order valence-corrected chi connectivity index (χ2v) is 7.56. The van der Waals surface area contributed by atoms with Gasteiger partial charge in [-0.15, -0.1) is 10.2 Å². The Kier molecular flexibility index (Phi) is 4.05. The van der Waals surface area contributed by atoms with Crippen molar-refractivity contribution in [1.29, 1.82) is 0 Å². The molecule has 1 saturated heterocycles. The van der Waals surface area contributed by atoms with E-state index in [9.17, 15) is 5.11 Å². The van der Waals surface area contributed by atoms with Gasteiger partial charge in [0.2, 0.25) is 11.8 Å². The summed E-state index contributed by atoms with van der Waals surface area (Å²) < 4.78 is 26.4. The first-order valence-corrected chi connectivity index (χ1v) is 9.88. The highest BCUT2D eigenvalue weighted by molar-refractivity contribution is 5.72. The van der Waals surface area contributed by atoms with Gasteiger partial charge in [-0.05, 0) is 30.9 Å². The molecule has 1 aromatic carbocycles. The molecule has 3 aromatic rings. The average molecular weight is 408 g/mol. The average Bonchev–Trinajstić information content (AvgIpc) is 3.64. The van der Waals surface area contributed by atoms with Gasteiger partial charge in [-0.1, -0.05) is 6.07 Å². The fraction of sp³-hybridized carbons (Fsp3) is 0.381. The molecule has 2 fully saturated rings. The minimum absolute atomic E-state index is 0.0239. The highest BCUT2D eigenvalue weighted by atomic mass is 16.5. The van der Waals surface area contributed by atoms with E-state index in [1.165, 1.54) is 31.3 Å². The lowest BCUT2D eigenvalue weighted by atomic mass is 10.1. The van der Waals surface area contributed by atoms with Crippen molar-refractivity contribution in [2.45, 2.75) is 18.9 Å². The number of nitrogens with one attached hydrogen (secondary N) is 1. The zero-order chi connectivity index (χ0) is 23.0. The minimum atomic E-state index is -2.61. The number of nitrogens with zero attached hydrogens (tertiary/aromatic N) is 6. The lowest BCUT2D eigenvalue weighted by Crippen LogP contribution is -2.52. The number of ether oxygens (including phenoxy) is 1. The molecule has 0 unspecified atom stereocenters. The lowest BCUT2D eigenvalue weighted by Gasteiger charge is -2.33. The Morgan fingerprint density at radius 2 is 2.10 bits per heavy atom. The van der Waals surface area contributed by atoms with Crippen molar-refractivity contribution in [3.63, 3.8) is 0 Å². The van der Waals surface area contributed by atoms with E-state index < -0.39 is 7.04 Å². The molecule has 9 nitrogen and oxygen atoms in total. The van der Waals surface area contributed by atoms with Crippen LogP contribution >= 0.6 is 0 Å². The van der Waals surface area contributed by atoms with E-state index >= 15 is 0 Å². The van der Waals surface area contributed by atoms with Crippen LogP contribution in [0, 0.1) is 5.92 Å². The van der Waals surface area contributed by atoms with Crippen LogP contribution in [0.15, 0.2) is 36.8 Å². The Morgan fingerprint density at radius 1 is 1.17 bits per heavy atom. The number of anilines is 1. The van der Waals surface area contributed by atoms with Crippen molar-refractivity contribution in [2.75, 3.05) is 31.6 Å². The summed E-state index contributed by atoms with van der Waals surface area (Å²) in [5.74, 6) is 1.24. The van der Waals surface area contributed by atoms with Crippen LogP contribution in [0.25, 0.3) is 22.5 Å². The highest BCUT2D eigenvalue weighted by Crippen LogP contribution is 2.34. The standard InChI is InChI=1S/C21H23N7O2/c1-30-20-9-16(24-12-25-20)14-4-5-15(19(29)8-14)17-10-23-21(27-26-17)28-7-6-22-18(11-28)13-2-3-13/h4-5,8-10,12-13,18,22,29H,2-3,6-7,11H2,1H3/t18-/m1/s1/i1D3. The maximum absolute atomic E-state index is 10.6. The third-order valence-corrected chi connectivity index (χ3v) is 5.54. The van der Waals surface area contributed by atoms with E-state index in [-0.39, 0.29) is 11.6 Å². The molecule has 0 amide bonds. The summed E-state index contributed by atoms with van der Waals surface area (Å²) in [6.45, 7) is 2.60. The topological polar surface area (TPSA) is 109 Å². The first-order valence-electron chi connectivity index (χ1n) is 11.4. The van der Waals surface area contributed by atoms with E-state index in [2.05, 4.69) is 35.4 Å². The number of aromatic nitrogens is 5. The van der Waals surface area contributed by atoms with E-state index in [1.54, 1.807) is 18.3 Å². The molecular weight excluding hydrogens is 382 g/mol. The smallest absolute Gasteiger partial charge is 0.245 e. The number of hydrogen-bond donors (Lipinski definition) is 2. The van der Waals surface area contributed by atoms with Gasteiger partial charge in [-0.2, -0.15) is 0 Å². The summed E-state index contributed by atoms with van der Waals surface area (Å²) >= 11 is 0. The molecule has 3 heterocycles. The van der Waals surface area contributed by atoms with Crippen molar-refractivity contribution in [2.24, 2.45) is 5.92 Å². The van der Waals surface area contributed by atoms with E-state index in [0.717, 1.165) is 25.6 Å². The third-order valence-electron chi connectivity index (χ3n) is 5.54. The number of rotatable bonds is 5. The Hall–Kier alpha value is -3.33. The summed E-state index contributed by atoms with van der Waals surface area (Å²) in [4.78, 5) is 14.6. The summed E-state index contributed by atoms with van der Waals surface area (Å²) in [5.41, 5.74) is 1.91. The number of aromatic hydroxyl groups is 1. The molecule has 1 aliphatic heterocycles. The number of benzene rings is 1. The molecular formula is C21H23N7O2. The Morgan fingerprint density at radius 3 is 2.87 bits per heavy atom. The molecule has 2 N–H and O–H groups in total. The summed E-state index contributed by atoms with van der Waals surface area (Å²) in [6.07, 6.45) is 5.38. The maximum atomic E-state index is 10.6. The van der Waals surface area contributed by atoms with Crippen LogP contribution in [0.2, 0.25) is 0 Å². The zero-order valence-corrected chi connectivity index (χ0v) is 16.2. The van der Waals surface area contributed by atoms with Gasteiger partial charge in [0.1, 0.15) is 17.8 Å². The molecule has 0 bridgehead atoms. The quantitative estimate of drug-likeness (QED) is 0.654. The fourth-order valence-electron chi connectivity index (χ4n) is 3.77. The minimum Gasteiger partial charge on any atom is -0.507 e. The fourth-order valence-corrected chi connectivity index (χ4v) is 3.77. The van der Waals surface area contributed by atoms with Crippen molar-refractivity contribution in [3.8, 4) is 34.1 Å². The van der Waals surface area contributed by atoms with Gasteiger partial charge in [0.05, 0.1) is 23.0 Å². The molecule has 1 atom stereocenters. The highest BCUT2D eigenvalue weighted by Gasteiger charge is 2.34. The van der Waals surface area contributed by atoms with Gasteiger partial charge in [0, 0.05) is 42.9 Å². The van der Waals surface area contributed by atoms with Crippen molar-refractivity contribution >= 4 is 5.95 Å². The molecule has 0 spiro atoms. The monoisotopic (exact) mass is 408 g/mol. The Balaban J connectivity index is 1.33. The van der Waals surface area contributed by atoms with Gasteiger partial charge in [0.15, 0.2) is 0 Å². The molecule has 0 radical (unpaired) electrons. The second kappa shape index (κ2) is 7.83. The predicted octanol–water partition coefficient (Wildman–Crippen LogP) is 1.90. The number of phenolic OH excluding ortho intramolecular Hbond substituents is 1. The maximum Gasteiger partial charge on any atom is 0.245 e. The van der Waals surface area contributed by atoms with Crippen LogP contribution < -0.4 is 15.0 Å². The normalized spacial score (nSPS) is 20.9. The van der Waals surface area contributed by atoms with Crippen LogP contribution in [0.1, 0.15) is 17.0 Å². The zero-order valence-electron chi connectivity index (χ0n) is 19.2. The first kappa shape index (κ1) is 15.5. The van der Waals surface area contributed by atoms with E-state index in [1.807, 2.05) is 0 Å². The van der Waals surface area contributed by atoms with Gasteiger partial charge in [-0.25, -0.2) is 15.0 Å². The molecule has 2 aromatic heterocycles. The van der Waals surface area contributed by atoms with Crippen LogP contribution in [0.4, 0.5) is 5.95 Å². The van der Waals surface area contributed by atoms with Gasteiger partial charge < -0.3 is 20.1 Å². The van der Waals surface area contributed by atoms with E-state index in [4.69, 9.17) is 8.85 Å². The third kappa shape index (κ3) is 3.76. The Labute approximate surface area is 178 Å². The lowest BCUT2D eigenvalue weighted by molar-refractivity contribution is 0.397. The number of methoxy groups -OCH3 is 1. The molecule has 9 heteroatoms. The summed E-state index contributed by atoms with van der Waals surface area (Å²) in [7, 11) is -2.61. The van der Waals surface area contributed by atoms with Crippen molar-refractivity contribution < 1.29 is 14.0 Å². The Bertz CT molecular complexity index is 1140. The van der Waals surface area contributed by atoms with Gasteiger partial charge in [-0.3, -0.25) is 0 Å². The summed E-state index contributed by atoms with van der Waals surface area (Å²) in [6, 6.07) is 6.83. The second-order valence-electron chi connectivity index (χ2n) is 7.56. The van der Waals surface area contributed by atoms with E-state index in [0.29, 0.717) is 34.5 Å². The van der Waals surface area contributed by atoms with Crippen LogP contribution in [0.3, 0.4) is 0 Å². The SMILES string of the molecule is [2H]C([2H])([2H])Oc1cc(-c2ccc(-c3cnc(N4CCN[C@@H](C5CC5)C4)nn3)c(O)c2)ncn1. The number of phenols is 1. The molecule has 30 heavy (non-hydrogen) atoms. The number of hydrogen-bond acceptors (Lipinski definition) is 9. The van der Waals surface area contributed by atoms with Crippen molar-refractivity contribution in [1.82, 2.24) is 30.5 Å².